The van der Waals surface area contributed by atoms with Gasteiger partial charge in [0.25, 0.3) is 5.91 Å². The number of carbonyl (C=O) groups is 2. The van der Waals surface area contributed by atoms with E-state index in [0.717, 1.165) is 5.56 Å². The first-order valence-corrected chi connectivity index (χ1v) is 8.59. The molecule has 0 unspecified atom stereocenters. The number of carboxylic acids is 1. The lowest BCUT2D eigenvalue weighted by Gasteiger charge is -2.06. The van der Waals surface area contributed by atoms with Crippen LogP contribution in [0.3, 0.4) is 0 Å². The van der Waals surface area contributed by atoms with E-state index in [9.17, 15) is 14.4 Å². The minimum absolute atomic E-state index is 0.0136. The third-order valence-electron chi connectivity index (χ3n) is 4.17. The van der Waals surface area contributed by atoms with Gasteiger partial charge in [0.2, 0.25) is 0 Å². The van der Waals surface area contributed by atoms with E-state index in [1.165, 1.54) is 6.07 Å². The molecule has 0 aliphatic rings. The molecule has 0 saturated carbocycles. The van der Waals surface area contributed by atoms with Gasteiger partial charge in [-0.2, -0.15) is 0 Å². The highest BCUT2D eigenvalue weighted by atomic mass is 16.4. The van der Waals surface area contributed by atoms with E-state index >= 15 is 0 Å². The summed E-state index contributed by atoms with van der Waals surface area (Å²) in [7, 11) is 0. The summed E-state index contributed by atoms with van der Waals surface area (Å²) in [6.45, 7) is 2.21. The molecule has 0 radical (unpaired) electrons. The van der Waals surface area contributed by atoms with Crippen LogP contribution in [0.1, 0.15) is 28.8 Å². The van der Waals surface area contributed by atoms with Gasteiger partial charge in [-0.15, -0.1) is 0 Å². The molecule has 6 nitrogen and oxygen atoms in total. The Morgan fingerprint density at radius 1 is 1.07 bits per heavy atom. The summed E-state index contributed by atoms with van der Waals surface area (Å²) < 4.78 is 5.83. The van der Waals surface area contributed by atoms with Gasteiger partial charge in [0.15, 0.2) is 5.43 Å². The van der Waals surface area contributed by atoms with Crippen LogP contribution in [0.2, 0.25) is 0 Å². The van der Waals surface area contributed by atoms with Gasteiger partial charge in [-0.25, -0.2) is 0 Å². The van der Waals surface area contributed by atoms with Gasteiger partial charge in [0, 0.05) is 30.2 Å². The summed E-state index contributed by atoms with van der Waals surface area (Å²) in [5.41, 5.74) is 2.53. The minimum atomic E-state index is -0.888. The Morgan fingerprint density at radius 3 is 2.52 bits per heavy atom. The highest BCUT2D eigenvalue weighted by molar-refractivity contribution is 5.94. The summed E-state index contributed by atoms with van der Waals surface area (Å²) in [6, 6.07) is 13.6. The molecule has 27 heavy (non-hydrogen) atoms. The fourth-order valence-electron chi connectivity index (χ4n) is 2.74. The monoisotopic (exact) mass is 365 g/mol. The number of amides is 1. The Labute approximate surface area is 155 Å². The maximum Gasteiger partial charge on any atom is 0.303 e. The zero-order valence-electron chi connectivity index (χ0n) is 14.8. The second-order valence-electron chi connectivity index (χ2n) is 6.31. The molecule has 0 aliphatic carbocycles. The Bertz CT molecular complexity index is 1050. The van der Waals surface area contributed by atoms with Crippen LogP contribution in [0.4, 0.5) is 0 Å². The predicted molar refractivity (Wildman–Crippen MR) is 102 cm³/mol. The maximum atomic E-state index is 12.3. The van der Waals surface area contributed by atoms with E-state index in [4.69, 9.17) is 9.52 Å². The van der Waals surface area contributed by atoms with Crippen molar-refractivity contribution in [2.75, 3.05) is 6.54 Å². The molecule has 3 aromatic rings. The first-order chi connectivity index (χ1) is 12.9. The number of hydrogen-bond donors (Lipinski definition) is 2. The second kappa shape index (κ2) is 7.86. The molecule has 0 spiro atoms. The van der Waals surface area contributed by atoms with Crippen molar-refractivity contribution in [1.82, 2.24) is 5.32 Å². The average Bonchev–Trinajstić information content (AvgIpc) is 2.65. The molecule has 0 fully saturated rings. The summed E-state index contributed by atoms with van der Waals surface area (Å²) >= 11 is 0. The van der Waals surface area contributed by atoms with Crippen molar-refractivity contribution in [2.24, 2.45) is 0 Å². The van der Waals surface area contributed by atoms with E-state index < -0.39 is 5.97 Å². The van der Waals surface area contributed by atoms with Crippen molar-refractivity contribution in [2.45, 2.75) is 19.8 Å². The second-order valence-corrected chi connectivity index (χ2v) is 6.31. The largest absolute Gasteiger partial charge is 0.481 e. The number of aryl methyl sites for hydroxylation is 1. The van der Waals surface area contributed by atoms with Crippen molar-refractivity contribution < 1.29 is 19.1 Å². The number of carbonyl (C=O) groups excluding carboxylic acids is 1. The third kappa shape index (κ3) is 4.41. The Morgan fingerprint density at radius 2 is 1.81 bits per heavy atom. The first kappa shape index (κ1) is 18.4. The summed E-state index contributed by atoms with van der Waals surface area (Å²) in [5, 5.41) is 11.8. The SMILES string of the molecule is Cc1ccc2oc(-c3ccc(C(=O)NCCCC(=O)O)cc3)cc(=O)c2c1. The van der Waals surface area contributed by atoms with Gasteiger partial charge >= 0.3 is 5.97 Å². The standard InChI is InChI=1S/C21H19NO5/c1-13-4-9-18-16(11-13)17(23)12-19(27-18)14-5-7-15(8-6-14)21(26)22-10-2-3-20(24)25/h4-9,11-12H,2-3,10H2,1H3,(H,22,26)(H,24,25). The van der Waals surface area contributed by atoms with Crippen LogP contribution < -0.4 is 10.7 Å². The van der Waals surface area contributed by atoms with Crippen molar-refractivity contribution in [1.29, 1.82) is 0 Å². The number of benzene rings is 2. The van der Waals surface area contributed by atoms with Crippen molar-refractivity contribution in [3.05, 3.63) is 69.9 Å². The molecule has 3 rings (SSSR count). The van der Waals surface area contributed by atoms with Crippen LogP contribution in [0.25, 0.3) is 22.3 Å². The van der Waals surface area contributed by atoms with Gasteiger partial charge < -0.3 is 14.8 Å². The lowest BCUT2D eigenvalue weighted by atomic mass is 10.1. The molecule has 1 aromatic heterocycles. The number of fused-ring (bicyclic) bond motifs is 1. The number of carboxylic acid groups (broad SMARTS) is 1. The lowest BCUT2D eigenvalue weighted by molar-refractivity contribution is -0.137. The van der Waals surface area contributed by atoms with Crippen LogP contribution >= 0.6 is 0 Å². The van der Waals surface area contributed by atoms with E-state index in [0.29, 0.717) is 40.8 Å². The Balaban J connectivity index is 1.76. The van der Waals surface area contributed by atoms with E-state index in [2.05, 4.69) is 5.32 Å². The Kier molecular flexibility index (Phi) is 5.35. The maximum absolute atomic E-state index is 12.3. The van der Waals surface area contributed by atoms with E-state index in [1.807, 2.05) is 13.0 Å². The van der Waals surface area contributed by atoms with E-state index in [-0.39, 0.29) is 17.8 Å². The molecule has 6 heteroatoms. The molecule has 0 aliphatic heterocycles. The third-order valence-corrected chi connectivity index (χ3v) is 4.17. The predicted octanol–water partition coefficient (Wildman–Crippen LogP) is 3.36. The van der Waals surface area contributed by atoms with Gasteiger partial charge in [-0.3, -0.25) is 14.4 Å². The minimum Gasteiger partial charge on any atom is -0.481 e. The van der Waals surface area contributed by atoms with Crippen molar-refractivity contribution >= 4 is 22.8 Å². The topological polar surface area (TPSA) is 96.6 Å². The number of rotatable bonds is 6. The fourth-order valence-corrected chi connectivity index (χ4v) is 2.74. The van der Waals surface area contributed by atoms with Crippen LogP contribution in [-0.4, -0.2) is 23.5 Å². The van der Waals surface area contributed by atoms with Crippen LogP contribution in [0.5, 0.6) is 0 Å². The van der Waals surface area contributed by atoms with E-state index in [1.54, 1.807) is 36.4 Å². The number of hydrogen-bond acceptors (Lipinski definition) is 4. The smallest absolute Gasteiger partial charge is 0.303 e. The molecule has 2 aromatic carbocycles. The highest BCUT2D eigenvalue weighted by Gasteiger charge is 2.09. The molecular weight excluding hydrogens is 346 g/mol. The molecule has 0 bridgehead atoms. The molecule has 1 amide bonds. The Hall–Kier alpha value is -3.41. The zero-order valence-corrected chi connectivity index (χ0v) is 14.8. The number of aliphatic carboxylic acids is 1. The van der Waals surface area contributed by atoms with Gasteiger partial charge in [-0.05, 0) is 37.6 Å². The van der Waals surface area contributed by atoms with Crippen molar-refractivity contribution in [3.63, 3.8) is 0 Å². The van der Waals surface area contributed by atoms with Crippen molar-refractivity contribution in [3.8, 4) is 11.3 Å². The first-order valence-electron chi connectivity index (χ1n) is 8.59. The quantitative estimate of drug-likeness (QED) is 0.653. The van der Waals surface area contributed by atoms with Gasteiger partial charge in [-0.1, -0.05) is 23.8 Å². The summed E-state index contributed by atoms with van der Waals surface area (Å²) in [5.74, 6) is -0.729. The van der Waals surface area contributed by atoms with Crippen LogP contribution in [0, 0.1) is 6.92 Å². The number of nitrogens with one attached hydrogen (secondary N) is 1. The normalized spacial score (nSPS) is 10.7. The molecule has 2 N–H and O–H groups in total. The van der Waals surface area contributed by atoms with Gasteiger partial charge in [0.05, 0.1) is 5.39 Å². The average molecular weight is 365 g/mol. The summed E-state index contributed by atoms with van der Waals surface area (Å²) in [4.78, 5) is 34.9. The lowest BCUT2D eigenvalue weighted by Crippen LogP contribution is -2.24. The molecule has 0 atom stereocenters. The van der Waals surface area contributed by atoms with Gasteiger partial charge in [0.1, 0.15) is 11.3 Å². The fraction of sp³-hybridized carbons (Fsp3) is 0.190. The highest BCUT2D eigenvalue weighted by Crippen LogP contribution is 2.23. The van der Waals surface area contributed by atoms with Crippen LogP contribution in [-0.2, 0) is 4.79 Å². The molecule has 138 valence electrons. The summed E-state index contributed by atoms with van der Waals surface area (Å²) in [6.07, 6.45) is 0.390. The molecule has 0 saturated heterocycles. The molecule has 1 heterocycles. The molecular formula is C21H19NO5. The zero-order chi connectivity index (χ0) is 19.4. The van der Waals surface area contributed by atoms with Crippen LogP contribution in [0.15, 0.2) is 57.7 Å².